The number of carbonyl (C=O) groups excluding carboxylic acids is 1. The van der Waals surface area contributed by atoms with Gasteiger partial charge in [0.15, 0.2) is 0 Å². The Morgan fingerprint density at radius 1 is 1.65 bits per heavy atom. The summed E-state index contributed by atoms with van der Waals surface area (Å²) in [6.45, 7) is 1.99. The molecule has 1 aliphatic carbocycles. The zero-order valence-electron chi connectivity index (χ0n) is 11.1. The van der Waals surface area contributed by atoms with Crippen LogP contribution < -0.4 is 5.32 Å². The van der Waals surface area contributed by atoms with Crippen LogP contribution in [0.2, 0.25) is 5.15 Å². The van der Waals surface area contributed by atoms with Crippen LogP contribution in [-0.4, -0.2) is 21.9 Å². The fraction of sp³-hybridized carbons (Fsp3) is 0.538. The second-order valence-corrected chi connectivity index (χ2v) is 5.37. The summed E-state index contributed by atoms with van der Waals surface area (Å²) in [6.07, 6.45) is 5.43. The molecule has 1 atom stereocenters. The Labute approximate surface area is 121 Å². The topological polar surface area (TPSA) is 85.1 Å². The normalized spacial score (nSPS) is 15.7. The zero-order valence-corrected chi connectivity index (χ0v) is 11.9. The molecule has 1 heterocycles. The fourth-order valence-corrected chi connectivity index (χ4v) is 2.36. The highest BCUT2D eigenvalue weighted by molar-refractivity contribution is 6.32. The van der Waals surface area contributed by atoms with E-state index in [2.05, 4.69) is 10.3 Å². The lowest BCUT2D eigenvalue weighted by Crippen LogP contribution is -2.35. The maximum atomic E-state index is 12.2. The van der Waals surface area contributed by atoms with E-state index in [4.69, 9.17) is 11.6 Å². The summed E-state index contributed by atoms with van der Waals surface area (Å²) < 4.78 is 0. The fourth-order valence-electron chi connectivity index (χ4n) is 2.13. The molecule has 6 nitrogen and oxygen atoms in total. The van der Waals surface area contributed by atoms with Crippen molar-refractivity contribution in [2.24, 2.45) is 5.92 Å². The number of carbonyl (C=O) groups is 1. The third-order valence-corrected chi connectivity index (χ3v) is 3.73. The van der Waals surface area contributed by atoms with Crippen molar-refractivity contribution in [2.75, 3.05) is 0 Å². The van der Waals surface area contributed by atoms with Crippen LogP contribution >= 0.6 is 11.6 Å². The Hall–Kier alpha value is -1.69. The highest BCUT2D eigenvalue weighted by Crippen LogP contribution is 2.34. The molecule has 1 aromatic rings. The molecule has 1 aliphatic rings. The summed E-state index contributed by atoms with van der Waals surface area (Å²) in [6, 6.07) is 1.37. The van der Waals surface area contributed by atoms with Gasteiger partial charge in [-0.3, -0.25) is 14.9 Å². The standard InChI is InChI=1S/C13H16ClN3O3/c1-2-9(7-8-3-4-8)16-13(18)10-5-6-15-12(14)11(10)17(19)20/h5-6,8-9H,2-4,7H2,1H3,(H,16,18). The number of pyridine rings is 1. The second-order valence-electron chi connectivity index (χ2n) is 5.01. The number of aromatic nitrogens is 1. The maximum Gasteiger partial charge on any atom is 0.319 e. The van der Waals surface area contributed by atoms with E-state index in [0.29, 0.717) is 5.92 Å². The number of nitrogens with one attached hydrogen (secondary N) is 1. The Balaban J connectivity index is 2.15. The summed E-state index contributed by atoms with van der Waals surface area (Å²) in [4.78, 5) is 26.2. The first-order chi connectivity index (χ1) is 9.52. The van der Waals surface area contributed by atoms with Gasteiger partial charge in [-0.25, -0.2) is 4.98 Å². The number of nitrogens with zero attached hydrogens (tertiary/aromatic N) is 2. The van der Waals surface area contributed by atoms with Gasteiger partial charge in [-0.05, 0) is 24.8 Å². The summed E-state index contributed by atoms with van der Waals surface area (Å²) in [7, 11) is 0. The Kier molecular flexibility index (Phi) is 4.54. The minimum Gasteiger partial charge on any atom is -0.349 e. The average molecular weight is 298 g/mol. The van der Waals surface area contributed by atoms with Crippen LogP contribution in [0.5, 0.6) is 0 Å². The van der Waals surface area contributed by atoms with Crippen molar-refractivity contribution in [1.29, 1.82) is 0 Å². The number of hydrogen-bond acceptors (Lipinski definition) is 4. The Morgan fingerprint density at radius 2 is 2.35 bits per heavy atom. The number of halogens is 1. The summed E-state index contributed by atoms with van der Waals surface area (Å²) in [5.41, 5.74) is -0.475. The molecule has 1 aromatic heterocycles. The first-order valence-electron chi connectivity index (χ1n) is 6.62. The van der Waals surface area contributed by atoms with Crippen LogP contribution in [0.15, 0.2) is 12.3 Å². The molecular formula is C13H16ClN3O3. The smallest absolute Gasteiger partial charge is 0.319 e. The van der Waals surface area contributed by atoms with Gasteiger partial charge in [0.05, 0.1) is 4.92 Å². The highest BCUT2D eigenvalue weighted by Gasteiger charge is 2.28. The van der Waals surface area contributed by atoms with E-state index >= 15 is 0 Å². The Bertz CT molecular complexity index is 532. The Morgan fingerprint density at radius 3 is 2.90 bits per heavy atom. The van der Waals surface area contributed by atoms with Gasteiger partial charge >= 0.3 is 5.69 Å². The molecule has 0 radical (unpaired) electrons. The van der Waals surface area contributed by atoms with E-state index in [1.54, 1.807) is 0 Å². The zero-order chi connectivity index (χ0) is 14.7. The molecule has 0 aliphatic heterocycles. The summed E-state index contributed by atoms with van der Waals surface area (Å²) in [5, 5.41) is 13.6. The highest BCUT2D eigenvalue weighted by atomic mass is 35.5. The number of nitro groups is 1. The second kappa shape index (κ2) is 6.17. The monoisotopic (exact) mass is 297 g/mol. The largest absolute Gasteiger partial charge is 0.349 e. The van der Waals surface area contributed by atoms with E-state index in [9.17, 15) is 14.9 Å². The summed E-state index contributed by atoms with van der Waals surface area (Å²) >= 11 is 5.70. The molecular weight excluding hydrogens is 282 g/mol. The molecule has 7 heteroatoms. The van der Waals surface area contributed by atoms with Crippen LogP contribution in [0.1, 0.15) is 43.0 Å². The lowest BCUT2D eigenvalue weighted by atomic mass is 10.1. The SMILES string of the molecule is CCC(CC1CC1)NC(=O)c1ccnc(Cl)c1[N+](=O)[O-]. The van der Waals surface area contributed by atoms with Gasteiger partial charge in [-0.2, -0.15) is 0 Å². The van der Waals surface area contributed by atoms with Crippen LogP contribution in [0.25, 0.3) is 0 Å². The molecule has 1 N–H and O–H groups in total. The molecule has 0 aromatic carbocycles. The van der Waals surface area contributed by atoms with E-state index in [0.717, 1.165) is 12.8 Å². The first-order valence-corrected chi connectivity index (χ1v) is 7.00. The molecule has 0 bridgehead atoms. The molecule has 1 saturated carbocycles. The lowest BCUT2D eigenvalue weighted by molar-refractivity contribution is -0.385. The van der Waals surface area contributed by atoms with Crippen LogP contribution in [0.3, 0.4) is 0 Å². The predicted molar refractivity (Wildman–Crippen MR) is 74.8 cm³/mol. The molecule has 108 valence electrons. The maximum absolute atomic E-state index is 12.2. The van der Waals surface area contributed by atoms with E-state index in [-0.39, 0.29) is 16.8 Å². The van der Waals surface area contributed by atoms with Crippen molar-refractivity contribution in [1.82, 2.24) is 10.3 Å². The third-order valence-electron chi connectivity index (χ3n) is 3.45. The van der Waals surface area contributed by atoms with E-state index in [1.807, 2.05) is 6.92 Å². The number of amides is 1. The quantitative estimate of drug-likeness (QED) is 0.497. The summed E-state index contributed by atoms with van der Waals surface area (Å²) in [5.74, 6) is 0.213. The minimum atomic E-state index is -0.675. The van der Waals surface area contributed by atoms with Gasteiger partial charge in [-0.15, -0.1) is 0 Å². The van der Waals surface area contributed by atoms with Crippen molar-refractivity contribution in [3.8, 4) is 0 Å². The van der Waals surface area contributed by atoms with Crippen molar-refractivity contribution in [3.63, 3.8) is 0 Å². The molecule has 2 rings (SSSR count). The lowest BCUT2D eigenvalue weighted by Gasteiger charge is -2.16. The van der Waals surface area contributed by atoms with Gasteiger partial charge in [0, 0.05) is 12.2 Å². The number of rotatable bonds is 6. The molecule has 1 fully saturated rings. The van der Waals surface area contributed by atoms with Gasteiger partial charge in [0.25, 0.3) is 5.91 Å². The third kappa shape index (κ3) is 3.45. The van der Waals surface area contributed by atoms with Crippen molar-refractivity contribution in [3.05, 3.63) is 33.1 Å². The minimum absolute atomic E-state index is 0.0377. The van der Waals surface area contributed by atoms with Gasteiger partial charge in [0.2, 0.25) is 5.15 Å². The van der Waals surface area contributed by atoms with Crippen molar-refractivity contribution in [2.45, 2.75) is 38.6 Å². The van der Waals surface area contributed by atoms with Crippen LogP contribution in [-0.2, 0) is 0 Å². The predicted octanol–water partition coefficient (Wildman–Crippen LogP) is 2.95. The van der Waals surface area contributed by atoms with Crippen LogP contribution in [0, 0.1) is 16.0 Å². The molecule has 1 amide bonds. The average Bonchev–Trinajstić information content (AvgIpc) is 3.21. The molecule has 20 heavy (non-hydrogen) atoms. The van der Waals surface area contributed by atoms with Gasteiger partial charge in [-0.1, -0.05) is 31.4 Å². The first kappa shape index (κ1) is 14.7. The molecule has 0 saturated heterocycles. The van der Waals surface area contributed by atoms with Gasteiger partial charge in [0.1, 0.15) is 5.56 Å². The van der Waals surface area contributed by atoms with Crippen LogP contribution in [0.4, 0.5) is 5.69 Å². The van der Waals surface area contributed by atoms with Gasteiger partial charge < -0.3 is 5.32 Å². The number of hydrogen-bond donors (Lipinski definition) is 1. The molecule has 1 unspecified atom stereocenters. The molecule has 0 spiro atoms. The van der Waals surface area contributed by atoms with E-state index in [1.165, 1.54) is 25.1 Å². The van der Waals surface area contributed by atoms with E-state index < -0.39 is 16.5 Å². The van der Waals surface area contributed by atoms with Crippen molar-refractivity contribution >= 4 is 23.2 Å². The van der Waals surface area contributed by atoms with Crippen molar-refractivity contribution < 1.29 is 9.72 Å².